The number of hydrogen-bond donors (Lipinski definition) is 0. The highest BCUT2D eigenvalue weighted by Gasteiger charge is 2.32. The summed E-state index contributed by atoms with van der Waals surface area (Å²) in [6, 6.07) is 8.48. The van der Waals surface area contributed by atoms with Crippen LogP contribution in [0.1, 0.15) is 70.4 Å². The zero-order valence-corrected chi connectivity index (χ0v) is 16.7. The molecule has 1 aliphatic heterocycles. The number of amides is 1. The molecule has 1 heterocycles. The van der Waals surface area contributed by atoms with Crippen LogP contribution >= 0.6 is 11.8 Å². The Kier molecular flexibility index (Phi) is 7.76. The highest BCUT2D eigenvalue weighted by molar-refractivity contribution is 8.18. The van der Waals surface area contributed by atoms with E-state index in [2.05, 4.69) is 57.0 Å². The largest absolute Gasteiger partial charge is 0.287 e. The van der Waals surface area contributed by atoms with Crippen LogP contribution in [0.4, 0.5) is 0 Å². The van der Waals surface area contributed by atoms with Crippen molar-refractivity contribution in [3.63, 3.8) is 0 Å². The van der Waals surface area contributed by atoms with Gasteiger partial charge in [-0.2, -0.15) is 0 Å². The van der Waals surface area contributed by atoms with E-state index >= 15 is 0 Å². The van der Waals surface area contributed by atoms with Gasteiger partial charge in [0, 0.05) is 13.1 Å². The third-order valence-electron chi connectivity index (χ3n) is 4.28. The van der Waals surface area contributed by atoms with E-state index < -0.39 is 0 Å². The number of amidine groups is 1. The summed E-state index contributed by atoms with van der Waals surface area (Å²) in [6.45, 7) is 10.2. The minimum absolute atomic E-state index is 0.0987. The maximum Gasteiger partial charge on any atom is 0.266 e. The highest BCUT2D eigenvalue weighted by atomic mass is 32.2. The molecule has 1 saturated heterocycles. The quantitative estimate of drug-likeness (QED) is 0.442. The van der Waals surface area contributed by atoms with Crippen LogP contribution in [0.5, 0.6) is 0 Å². The number of aliphatic imine (C=N–C) groups is 1. The number of hydrogen-bond acceptors (Lipinski definition) is 3. The number of benzene rings is 1. The third-order valence-corrected chi connectivity index (χ3v) is 5.33. The summed E-state index contributed by atoms with van der Waals surface area (Å²) in [7, 11) is 0. The van der Waals surface area contributed by atoms with Crippen molar-refractivity contribution in [2.45, 2.75) is 59.3 Å². The summed E-state index contributed by atoms with van der Waals surface area (Å²) >= 11 is 1.52. The van der Waals surface area contributed by atoms with Gasteiger partial charge in [-0.15, -0.1) is 0 Å². The van der Waals surface area contributed by atoms with Gasteiger partial charge in [-0.3, -0.25) is 14.7 Å². The van der Waals surface area contributed by atoms with Gasteiger partial charge in [-0.05, 0) is 47.7 Å². The molecule has 0 atom stereocenters. The van der Waals surface area contributed by atoms with Crippen LogP contribution < -0.4 is 0 Å². The molecule has 0 bridgehead atoms. The fourth-order valence-electron chi connectivity index (χ4n) is 2.60. The zero-order valence-electron chi connectivity index (χ0n) is 15.9. The Bertz CT molecular complexity index is 632. The summed E-state index contributed by atoms with van der Waals surface area (Å²) in [4.78, 5) is 20.1. The summed E-state index contributed by atoms with van der Waals surface area (Å²) in [6.07, 6.45) is 6.27. The molecule has 0 aromatic heterocycles. The standard InChI is InChI=1S/C21H30N2OS/c1-5-7-13-22-21-23(14-8-6-2)20(24)19(25-21)15-17-9-11-18(12-10-17)16(3)4/h9-12,15-16H,5-8,13-14H2,1-4H3/b19-15-,22-21?. The van der Waals surface area contributed by atoms with Crippen molar-refractivity contribution in [2.75, 3.05) is 13.1 Å². The lowest BCUT2D eigenvalue weighted by Gasteiger charge is -2.14. The molecular formula is C21H30N2OS. The SMILES string of the molecule is CCCCN=C1S/C(=C\c2ccc(C(C)C)cc2)C(=O)N1CCCC. The van der Waals surface area contributed by atoms with Crippen molar-refractivity contribution in [1.82, 2.24) is 4.90 Å². The topological polar surface area (TPSA) is 32.7 Å². The molecule has 1 aromatic carbocycles. The molecule has 0 unspecified atom stereocenters. The average molecular weight is 359 g/mol. The number of carbonyl (C=O) groups is 1. The van der Waals surface area contributed by atoms with E-state index in [1.165, 1.54) is 17.3 Å². The second kappa shape index (κ2) is 9.81. The van der Waals surface area contributed by atoms with Crippen molar-refractivity contribution in [1.29, 1.82) is 0 Å². The zero-order chi connectivity index (χ0) is 18.2. The first-order chi connectivity index (χ1) is 12.1. The Labute approximate surface area is 156 Å². The molecule has 0 saturated carbocycles. The molecule has 4 heteroatoms. The van der Waals surface area contributed by atoms with Crippen LogP contribution in [-0.4, -0.2) is 29.1 Å². The van der Waals surface area contributed by atoms with Gasteiger partial charge in [0.1, 0.15) is 0 Å². The molecule has 1 aromatic rings. The predicted octanol–water partition coefficient (Wildman–Crippen LogP) is 5.68. The molecule has 0 N–H and O–H groups in total. The van der Waals surface area contributed by atoms with Crippen molar-refractivity contribution >= 4 is 28.9 Å². The minimum Gasteiger partial charge on any atom is -0.287 e. The molecule has 0 spiro atoms. The molecule has 0 radical (unpaired) electrons. The number of thioether (sulfide) groups is 1. The highest BCUT2D eigenvalue weighted by Crippen LogP contribution is 2.33. The van der Waals surface area contributed by atoms with Crippen molar-refractivity contribution < 1.29 is 4.79 Å². The Morgan fingerprint density at radius 2 is 1.80 bits per heavy atom. The molecule has 2 rings (SSSR count). The Hall–Kier alpha value is -1.55. The average Bonchev–Trinajstić information content (AvgIpc) is 2.89. The molecule has 136 valence electrons. The number of rotatable bonds is 8. The lowest BCUT2D eigenvalue weighted by Crippen LogP contribution is -2.30. The van der Waals surface area contributed by atoms with E-state index in [-0.39, 0.29) is 5.91 Å². The van der Waals surface area contributed by atoms with E-state index in [4.69, 9.17) is 0 Å². The van der Waals surface area contributed by atoms with Crippen LogP contribution in [0.25, 0.3) is 6.08 Å². The molecule has 1 fully saturated rings. The first-order valence-electron chi connectivity index (χ1n) is 9.42. The van der Waals surface area contributed by atoms with E-state index in [0.29, 0.717) is 5.92 Å². The summed E-state index contributed by atoms with van der Waals surface area (Å²) in [5.41, 5.74) is 2.39. The van der Waals surface area contributed by atoms with Crippen LogP contribution in [0.3, 0.4) is 0 Å². The second-order valence-corrected chi connectivity index (χ2v) is 7.77. The molecule has 3 nitrogen and oxygen atoms in total. The van der Waals surface area contributed by atoms with Crippen LogP contribution in [0.2, 0.25) is 0 Å². The monoisotopic (exact) mass is 358 g/mol. The summed E-state index contributed by atoms with van der Waals surface area (Å²) < 4.78 is 0. The van der Waals surface area contributed by atoms with Gasteiger partial charge < -0.3 is 0 Å². The second-order valence-electron chi connectivity index (χ2n) is 6.76. The summed E-state index contributed by atoms with van der Waals surface area (Å²) in [5.74, 6) is 0.618. The fourth-order valence-corrected chi connectivity index (χ4v) is 3.63. The van der Waals surface area contributed by atoms with Gasteiger partial charge in [-0.25, -0.2) is 0 Å². The number of nitrogens with zero attached hydrogens (tertiary/aromatic N) is 2. The first-order valence-corrected chi connectivity index (χ1v) is 10.2. The number of unbranched alkanes of at least 4 members (excludes halogenated alkanes) is 2. The van der Waals surface area contributed by atoms with Gasteiger partial charge in [-0.1, -0.05) is 64.8 Å². The maximum atomic E-state index is 12.8. The third kappa shape index (κ3) is 5.46. The maximum absolute atomic E-state index is 12.8. The molecule has 0 aliphatic carbocycles. The van der Waals surface area contributed by atoms with Gasteiger partial charge >= 0.3 is 0 Å². The normalized spacial score (nSPS) is 18.1. The lowest BCUT2D eigenvalue weighted by molar-refractivity contribution is -0.122. The molecule has 25 heavy (non-hydrogen) atoms. The van der Waals surface area contributed by atoms with E-state index in [9.17, 15) is 4.79 Å². The van der Waals surface area contributed by atoms with Gasteiger partial charge in [0.05, 0.1) is 4.91 Å². The molecule has 1 aliphatic rings. The van der Waals surface area contributed by atoms with Crippen molar-refractivity contribution in [3.05, 3.63) is 40.3 Å². The van der Waals surface area contributed by atoms with Crippen molar-refractivity contribution in [2.24, 2.45) is 4.99 Å². The number of carbonyl (C=O) groups excluding carboxylic acids is 1. The summed E-state index contributed by atoms with van der Waals surface area (Å²) in [5, 5.41) is 0.872. The molecule has 1 amide bonds. The first kappa shape index (κ1) is 19.8. The van der Waals surface area contributed by atoms with E-state index in [0.717, 1.165) is 54.4 Å². The smallest absolute Gasteiger partial charge is 0.266 e. The Morgan fingerprint density at radius 1 is 1.12 bits per heavy atom. The van der Waals surface area contributed by atoms with Crippen molar-refractivity contribution in [3.8, 4) is 0 Å². The van der Waals surface area contributed by atoms with Gasteiger partial charge in [0.2, 0.25) is 0 Å². The van der Waals surface area contributed by atoms with Gasteiger partial charge in [0.25, 0.3) is 5.91 Å². The van der Waals surface area contributed by atoms with E-state index in [1.54, 1.807) is 0 Å². The van der Waals surface area contributed by atoms with Crippen LogP contribution in [0.15, 0.2) is 34.2 Å². The van der Waals surface area contributed by atoms with Crippen LogP contribution in [-0.2, 0) is 4.79 Å². The Balaban J connectivity index is 2.19. The molecular weight excluding hydrogens is 328 g/mol. The lowest BCUT2D eigenvalue weighted by atomic mass is 10.0. The van der Waals surface area contributed by atoms with E-state index in [1.807, 2.05) is 11.0 Å². The van der Waals surface area contributed by atoms with Crippen LogP contribution in [0, 0.1) is 0 Å². The predicted molar refractivity (Wildman–Crippen MR) is 110 cm³/mol. The Morgan fingerprint density at radius 3 is 2.40 bits per heavy atom. The minimum atomic E-state index is 0.0987. The van der Waals surface area contributed by atoms with Gasteiger partial charge in [0.15, 0.2) is 5.17 Å². The fraction of sp³-hybridized carbons (Fsp3) is 0.524.